The van der Waals surface area contributed by atoms with Crippen LogP contribution >= 0.6 is 0 Å². The minimum Gasteiger partial charge on any atom is -0.497 e. The van der Waals surface area contributed by atoms with E-state index in [0.717, 1.165) is 11.1 Å². The van der Waals surface area contributed by atoms with Crippen LogP contribution in [0.25, 0.3) is 0 Å². The molecule has 0 aliphatic carbocycles. The lowest BCUT2D eigenvalue weighted by Gasteiger charge is -2.29. The highest BCUT2D eigenvalue weighted by Crippen LogP contribution is 2.55. The maximum Gasteiger partial charge on any atom is 0.296 e. The zero-order valence-electron chi connectivity index (χ0n) is 15.7. The Morgan fingerprint density at radius 2 is 2.00 bits per heavy atom. The molecule has 2 aromatic rings. The van der Waals surface area contributed by atoms with Gasteiger partial charge in [0.25, 0.3) is 5.69 Å². The first-order valence-electron chi connectivity index (χ1n) is 8.88. The maximum atomic E-state index is 12.4. The third-order valence-corrected chi connectivity index (χ3v) is 4.98. The third kappa shape index (κ3) is 3.27. The van der Waals surface area contributed by atoms with Crippen LogP contribution in [-0.2, 0) is 16.0 Å². The molecule has 0 spiro atoms. The van der Waals surface area contributed by atoms with E-state index in [2.05, 4.69) is 5.32 Å². The van der Waals surface area contributed by atoms with Crippen LogP contribution in [0.4, 0.5) is 11.4 Å². The Bertz CT molecular complexity index is 954. The van der Waals surface area contributed by atoms with Gasteiger partial charge in [-0.2, -0.15) is 0 Å². The summed E-state index contributed by atoms with van der Waals surface area (Å²) in [5.41, 5.74) is 0.866. The Morgan fingerprint density at radius 1 is 1.29 bits per heavy atom. The van der Waals surface area contributed by atoms with Crippen LogP contribution in [0.15, 0.2) is 36.4 Å². The molecular weight excluding hydrogens is 364 g/mol. The quantitative estimate of drug-likeness (QED) is 0.481. The van der Waals surface area contributed by atoms with Crippen LogP contribution < -0.4 is 14.8 Å². The molecule has 2 aliphatic heterocycles. The molecule has 2 atom stereocenters. The van der Waals surface area contributed by atoms with Crippen LogP contribution in [-0.4, -0.2) is 29.6 Å². The van der Waals surface area contributed by atoms with Gasteiger partial charge in [0.15, 0.2) is 0 Å². The van der Waals surface area contributed by atoms with E-state index in [1.807, 2.05) is 13.8 Å². The van der Waals surface area contributed by atoms with Crippen molar-refractivity contribution in [2.75, 3.05) is 12.4 Å². The normalized spacial score (nSPS) is 21.0. The zero-order chi connectivity index (χ0) is 20.1. The van der Waals surface area contributed by atoms with Crippen LogP contribution in [0.1, 0.15) is 31.1 Å². The summed E-state index contributed by atoms with van der Waals surface area (Å²) < 4.78 is 16.7. The van der Waals surface area contributed by atoms with Gasteiger partial charge in [-0.1, -0.05) is 12.1 Å². The molecule has 1 amide bonds. The second-order valence-electron chi connectivity index (χ2n) is 7.42. The van der Waals surface area contributed by atoms with Crippen molar-refractivity contribution < 1.29 is 23.9 Å². The Hall–Kier alpha value is -3.13. The largest absolute Gasteiger partial charge is 0.497 e. The van der Waals surface area contributed by atoms with Crippen LogP contribution in [0.3, 0.4) is 0 Å². The Labute approximate surface area is 161 Å². The molecule has 0 saturated carbocycles. The minimum absolute atomic E-state index is 0.0876. The van der Waals surface area contributed by atoms with E-state index in [-0.39, 0.29) is 35.9 Å². The molecule has 8 heteroatoms. The first-order valence-corrected chi connectivity index (χ1v) is 8.88. The molecule has 28 heavy (non-hydrogen) atoms. The summed E-state index contributed by atoms with van der Waals surface area (Å²) in [6.45, 7) is 3.77. The number of benzene rings is 2. The third-order valence-electron chi connectivity index (χ3n) is 4.98. The smallest absolute Gasteiger partial charge is 0.296 e. The summed E-state index contributed by atoms with van der Waals surface area (Å²) >= 11 is 0. The summed E-state index contributed by atoms with van der Waals surface area (Å²) in [6, 6.07) is 10.0. The number of amides is 1. The molecule has 0 radical (unpaired) electrons. The molecule has 2 aromatic carbocycles. The second kappa shape index (κ2) is 6.49. The SMILES string of the molecule is COc1ccc(CC(=O)Nc2cc3c(cc2[N+](=O)[O-])OC(C)(C)C2OC32)cc1. The van der Waals surface area contributed by atoms with E-state index in [1.165, 1.54) is 6.07 Å². The van der Waals surface area contributed by atoms with Gasteiger partial charge in [0.1, 0.15) is 35.0 Å². The van der Waals surface area contributed by atoms with E-state index in [1.54, 1.807) is 37.4 Å². The number of fused-ring (bicyclic) bond motifs is 3. The van der Waals surface area contributed by atoms with Crippen LogP contribution in [0.5, 0.6) is 11.5 Å². The molecule has 1 fully saturated rings. The molecule has 1 N–H and O–H groups in total. The molecule has 2 heterocycles. The minimum atomic E-state index is -0.551. The van der Waals surface area contributed by atoms with Gasteiger partial charge >= 0.3 is 0 Å². The standard InChI is InChI=1S/C20H20N2O6/c1-20(2)19-18(27-19)13-9-14(15(22(24)25)10-16(13)28-20)21-17(23)8-11-4-6-12(26-3)7-5-11/h4-7,9-10,18-19H,8H2,1-3H3,(H,21,23). The van der Waals surface area contributed by atoms with Gasteiger partial charge in [0.05, 0.1) is 24.5 Å². The van der Waals surface area contributed by atoms with E-state index in [9.17, 15) is 14.9 Å². The number of nitro groups is 1. The average molecular weight is 384 g/mol. The van der Waals surface area contributed by atoms with Gasteiger partial charge in [-0.3, -0.25) is 14.9 Å². The number of nitrogens with one attached hydrogen (secondary N) is 1. The lowest BCUT2D eigenvalue weighted by molar-refractivity contribution is -0.384. The molecule has 4 rings (SSSR count). The van der Waals surface area contributed by atoms with Gasteiger partial charge in [0.2, 0.25) is 5.91 Å². The van der Waals surface area contributed by atoms with E-state index >= 15 is 0 Å². The summed E-state index contributed by atoms with van der Waals surface area (Å²) in [7, 11) is 1.57. The average Bonchev–Trinajstić information content (AvgIpc) is 3.44. The van der Waals surface area contributed by atoms with Crippen molar-refractivity contribution in [1.29, 1.82) is 0 Å². The van der Waals surface area contributed by atoms with Gasteiger partial charge in [-0.25, -0.2) is 0 Å². The first-order chi connectivity index (χ1) is 13.3. The topological polar surface area (TPSA) is 103 Å². The number of carbonyl (C=O) groups is 1. The molecule has 2 aliphatic rings. The number of hydrogen-bond acceptors (Lipinski definition) is 6. The van der Waals surface area contributed by atoms with Crippen molar-refractivity contribution in [1.82, 2.24) is 0 Å². The fraction of sp³-hybridized carbons (Fsp3) is 0.350. The molecule has 1 saturated heterocycles. The fourth-order valence-corrected chi connectivity index (χ4v) is 3.49. The van der Waals surface area contributed by atoms with Crippen molar-refractivity contribution in [2.45, 2.75) is 38.1 Å². The van der Waals surface area contributed by atoms with Gasteiger partial charge in [-0.15, -0.1) is 0 Å². The number of nitro benzene ring substituents is 1. The van der Waals surface area contributed by atoms with E-state index < -0.39 is 10.5 Å². The molecule has 2 unspecified atom stereocenters. The Kier molecular flexibility index (Phi) is 4.23. The number of epoxide rings is 1. The first kappa shape index (κ1) is 18.2. The maximum absolute atomic E-state index is 12.4. The zero-order valence-corrected chi connectivity index (χ0v) is 15.7. The highest BCUT2D eigenvalue weighted by Gasteiger charge is 2.57. The molecule has 146 valence electrons. The van der Waals surface area contributed by atoms with Gasteiger partial charge in [0, 0.05) is 5.56 Å². The predicted molar refractivity (Wildman–Crippen MR) is 101 cm³/mol. The summed E-state index contributed by atoms with van der Waals surface area (Å²) in [4.78, 5) is 23.4. The summed E-state index contributed by atoms with van der Waals surface area (Å²) in [6.07, 6.45) is -0.175. The highest BCUT2D eigenvalue weighted by molar-refractivity contribution is 5.95. The van der Waals surface area contributed by atoms with Crippen molar-refractivity contribution in [3.8, 4) is 11.5 Å². The van der Waals surface area contributed by atoms with Crippen molar-refractivity contribution in [2.24, 2.45) is 0 Å². The number of methoxy groups -OCH3 is 1. The molecule has 0 aromatic heterocycles. The number of nitrogens with zero attached hydrogens (tertiary/aromatic N) is 1. The number of ether oxygens (including phenoxy) is 3. The number of rotatable bonds is 5. The van der Waals surface area contributed by atoms with Crippen molar-refractivity contribution >= 4 is 17.3 Å². The Morgan fingerprint density at radius 3 is 2.64 bits per heavy atom. The number of anilines is 1. The van der Waals surface area contributed by atoms with Gasteiger partial charge < -0.3 is 19.5 Å². The van der Waals surface area contributed by atoms with Crippen molar-refractivity contribution in [3.05, 3.63) is 57.6 Å². The highest BCUT2D eigenvalue weighted by atomic mass is 16.6. The van der Waals surface area contributed by atoms with Gasteiger partial charge in [-0.05, 0) is 37.6 Å². The number of hydrogen-bond donors (Lipinski definition) is 1. The lowest BCUT2D eigenvalue weighted by atomic mass is 9.93. The summed E-state index contributed by atoms with van der Waals surface area (Å²) in [5, 5.41) is 14.2. The van der Waals surface area contributed by atoms with E-state index in [4.69, 9.17) is 14.2 Å². The van der Waals surface area contributed by atoms with Crippen LogP contribution in [0, 0.1) is 10.1 Å². The molecule has 0 bridgehead atoms. The second-order valence-corrected chi connectivity index (χ2v) is 7.42. The molecular formula is C20H20N2O6. The fourth-order valence-electron chi connectivity index (χ4n) is 3.49. The van der Waals surface area contributed by atoms with Crippen molar-refractivity contribution in [3.63, 3.8) is 0 Å². The summed E-state index contributed by atoms with van der Waals surface area (Å²) in [5.74, 6) is 0.763. The van der Waals surface area contributed by atoms with E-state index in [0.29, 0.717) is 11.5 Å². The number of carbonyl (C=O) groups excluding carboxylic acids is 1. The molecule has 8 nitrogen and oxygen atoms in total. The lowest BCUT2D eigenvalue weighted by Crippen LogP contribution is -2.37. The predicted octanol–water partition coefficient (Wildman–Crippen LogP) is 3.40. The van der Waals surface area contributed by atoms with Crippen LogP contribution in [0.2, 0.25) is 0 Å². The monoisotopic (exact) mass is 384 g/mol. The Balaban J connectivity index is 1.58.